The van der Waals surface area contributed by atoms with Gasteiger partial charge in [0.1, 0.15) is 0 Å². The first kappa shape index (κ1) is 10.4. The molecule has 4 heteroatoms. The third-order valence-electron chi connectivity index (χ3n) is 2.77. The molecule has 0 bridgehead atoms. The van der Waals surface area contributed by atoms with E-state index in [9.17, 15) is 10.1 Å². The van der Waals surface area contributed by atoms with Gasteiger partial charge in [-0.3, -0.25) is 10.1 Å². The highest BCUT2D eigenvalue weighted by Gasteiger charge is 2.09. The molecular weight excluding hydrogens is 204 g/mol. The first-order chi connectivity index (χ1) is 7.61. The number of hydrogen-bond donors (Lipinski definition) is 0. The van der Waals surface area contributed by atoms with E-state index in [4.69, 9.17) is 0 Å². The van der Waals surface area contributed by atoms with Crippen molar-refractivity contribution in [3.05, 3.63) is 51.8 Å². The Morgan fingerprint density at radius 3 is 2.69 bits per heavy atom. The van der Waals surface area contributed by atoms with Crippen LogP contribution in [0.1, 0.15) is 11.3 Å². The molecule has 1 aromatic heterocycles. The van der Waals surface area contributed by atoms with Crippen LogP contribution in [-0.2, 0) is 7.05 Å². The summed E-state index contributed by atoms with van der Waals surface area (Å²) in [5.41, 5.74) is 3.03. The minimum Gasteiger partial charge on any atom is -0.344 e. The molecule has 0 fully saturated rings. The Bertz CT molecular complexity index is 543. The van der Waals surface area contributed by atoms with Crippen LogP contribution in [0.15, 0.2) is 30.5 Å². The van der Waals surface area contributed by atoms with Crippen LogP contribution in [0.3, 0.4) is 0 Å². The van der Waals surface area contributed by atoms with Crippen molar-refractivity contribution in [1.82, 2.24) is 4.57 Å². The highest BCUT2D eigenvalue weighted by molar-refractivity contribution is 5.87. The minimum atomic E-state index is -0.447. The van der Waals surface area contributed by atoms with Gasteiger partial charge in [-0.15, -0.1) is 0 Å². The van der Waals surface area contributed by atoms with E-state index >= 15 is 0 Å². The summed E-state index contributed by atoms with van der Waals surface area (Å²) in [5.74, 6) is 0. The van der Waals surface area contributed by atoms with Gasteiger partial charge in [0, 0.05) is 24.0 Å². The maximum absolute atomic E-state index is 10.3. The molecule has 4 nitrogen and oxygen atoms in total. The lowest BCUT2D eigenvalue weighted by molar-refractivity contribution is -0.401. The Labute approximate surface area is 93.0 Å². The maximum atomic E-state index is 10.3. The molecule has 0 aliphatic rings. The highest BCUT2D eigenvalue weighted by atomic mass is 16.6. The van der Waals surface area contributed by atoms with Gasteiger partial charge in [-0.25, -0.2) is 0 Å². The Morgan fingerprint density at radius 1 is 1.38 bits per heavy atom. The molecule has 0 atom stereocenters. The van der Waals surface area contributed by atoms with Gasteiger partial charge in [0.25, 0.3) is 0 Å². The molecule has 0 saturated heterocycles. The van der Waals surface area contributed by atoms with E-state index in [1.165, 1.54) is 6.08 Å². The van der Waals surface area contributed by atoms with Crippen molar-refractivity contribution in [2.75, 3.05) is 0 Å². The second kappa shape index (κ2) is 3.81. The standard InChI is InChI=1S/C12H12N2O2/c1-9-10-5-3-4-6-12(10)13(2)11(9)7-8-14(15)16/h3-8H,1-2H3/b8-7+. The number of hydrogen-bond acceptors (Lipinski definition) is 2. The summed E-state index contributed by atoms with van der Waals surface area (Å²) < 4.78 is 1.96. The quantitative estimate of drug-likeness (QED) is 0.572. The zero-order valence-electron chi connectivity index (χ0n) is 9.18. The van der Waals surface area contributed by atoms with Crippen LogP contribution in [0.4, 0.5) is 0 Å². The van der Waals surface area contributed by atoms with Gasteiger partial charge in [-0.05, 0) is 18.6 Å². The van der Waals surface area contributed by atoms with Crippen LogP contribution >= 0.6 is 0 Å². The molecule has 0 spiro atoms. The van der Waals surface area contributed by atoms with Crippen LogP contribution in [0, 0.1) is 17.0 Å². The second-order valence-corrected chi connectivity index (χ2v) is 3.69. The van der Waals surface area contributed by atoms with E-state index in [1.54, 1.807) is 0 Å². The lowest BCUT2D eigenvalue weighted by Gasteiger charge is -1.98. The van der Waals surface area contributed by atoms with Gasteiger partial charge in [-0.1, -0.05) is 18.2 Å². The smallest absolute Gasteiger partial charge is 0.236 e. The van der Waals surface area contributed by atoms with Crippen molar-refractivity contribution in [1.29, 1.82) is 0 Å². The molecule has 0 aliphatic heterocycles. The molecule has 1 aromatic carbocycles. The number of benzene rings is 1. The summed E-state index contributed by atoms with van der Waals surface area (Å²) in [6.07, 6.45) is 2.51. The fraction of sp³-hybridized carbons (Fsp3) is 0.167. The third kappa shape index (κ3) is 1.58. The molecule has 0 N–H and O–H groups in total. The zero-order chi connectivity index (χ0) is 11.7. The summed E-state index contributed by atoms with van der Waals surface area (Å²) in [5, 5.41) is 11.5. The molecule has 16 heavy (non-hydrogen) atoms. The molecule has 0 amide bonds. The van der Waals surface area contributed by atoms with Gasteiger partial charge in [0.2, 0.25) is 6.20 Å². The number of aryl methyl sites for hydroxylation is 2. The fourth-order valence-electron chi connectivity index (χ4n) is 1.97. The van der Waals surface area contributed by atoms with Gasteiger partial charge in [-0.2, -0.15) is 0 Å². The first-order valence-corrected chi connectivity index (χ1v) is 4.97. The van der Waals surface area contributed by atoms with Crippen molar-refractivity contribution < 1.29 is 4.92 Å². The topological polar surface area (TPSA) is 48.1 Å². The Balaban J connectivity index is 2.66. The highest BCUT2D eigenvalue weighted by Crippen LogP contribution is 2.25. The predicted octanol–water partition coefficient (Wildman–Crippen LogP) is 2.73. The van der Waals surface area contributed by atoms with E-state index in [0.29, 0.717) is 0 Å². The maximum Gasteiger partial charge on any atom is 0.236 e. The van der Waals surface area contributed by atoms with Crippen molar-refractivity contribution >= 4 is 17.0 Å². The van der Waals surface area contributed by atoms with Crippen LogP contribution in [-0.4, -0.2) is 9.49 Å². The van der Waals surface area contributed by atoms with Crippen LogP contribution < -0.4 is 0 Å². The van der Waals surface area contributed by atoms with E-state index in [-0.39, 0.29) is 0 Å². The molecule has 0 unspecified atom stereocenters. The normalized spacial score (nSPS) is 11.4. The van der Waals surface area contributed by atoms with E-state index in [1.807, 2.05) is 42.8 Å². The van der Waals surface area contributed by atoms with Gasteiger partial charge < -0.3 is 4.57 Å². The second-order valence-electron chi connectivity index (χ2n) is 3.69. The van der Waals surface area contributed by atoms with Crippen LogP contribution in [0.2, 0.25) is 0 Å². The Morgan fingerprint density at radius 2 is 2.06 bits per heavy atom. The molecule has 1 heterocycles. The van der Waals surface area contributed by atoms with E-state index in [0.717, 1.165) is 28.4 Å². The number of fused-ring (bicyclic) bond motifs is 1. The number of para-hydroxylation sites is 1. The number of aromatic nitrogens is 1. The SMILES string of the molecule is Cc1c(/C=C/[N+](=O)[O-])n(C)c2ccccc12. The molecule has 0 radical (unpaired) electrons. The summed E-state index contributed by atoms with van der Waals surface area (Å²) in [6, 6.07) is 7.96. The first-order valence-electron chi connectivity index (χ1n) is 4.97. The predicted molar refractivity (Wildman–Crippen MR) is 63.7 cm³/mol. The molecule has 2 rings (SSSR count). The van der Waals surface area contributed by atoms with Crippen molar-refractivity contribution in [3.63, 3.8) is 0 Å². The van der Waals surface area contributed by atoms with Crippen molar-refractivity contribution in [2.45, 2.75) is 6.92 Å². The van der Waals surface area contributed by atoms with Crippen molar-refractivity contribution in [3.8, 4) is 0 Å². The average molecular weight is 216 g/mol. The Kier molecular flexibility index (Phi) is 2.48. The van der Waals surface area contributed by atoms with Gasteiger partial charge >= 0.3 is 0 Å². The average Bonchev–Trinajstić information content (AvgIpc) is 2.50. The lowest BCUT2D eigenvalue weighted by atomic mass is 10.1. The molecule has 0 saturated carbocycles. The van der Waals surface area contributed by atoms with Crippen LogP contribution in [0.5, 0.6) is 0 Å². The lowest BCUT2D eigenvalue weighted by Crippen LogP contribution is -1.92. The van der Waals surface area contributed by atoms with Crippen LogP contribution in [0.25, 0.3) is 17.0 Å². The monoisotopic (exact) mass is 216 g/mol. The molecular formula is C12H12N2O2. The van der Waals surface area contributed by atoms with Gasteiger partial charge in [0.15, 0.2) is 0 Å². The molecule has 2 aromatic rings. The van der Waals surface area contributed by atoms with E-state index in [2.05, 4.69) is 0 Å². The minimum absolute atomic E-state index is 0.447. The zero-order valence-corrected chi connectivity index (χ0v) is 9.18. The number of rotatable bonds is 2. The number of nitro groups is 1. The van der Waals surface area contributed by atoms with Gasteiger partial charge in [0.05, 0.1) is 10.6 Å². The largest absolute Gasteiger partial charge is 0.344 e. The summed E-state index contributed by atoms with van der Waals surface area (Å²) in [6.45, 7) is 1.97. The van der Waals surface area contributed by atoms with E-state index < -0.39 is 4.92 Å². The fourth-order valence-corrected chi connectivity index (χ4v) is 1.97. The molecule has 82 valence electrons. The third-order valence-corrected chi connectivity index (χ3v) is 2.77. The summed E-state index contributed by atoms with van der Waals surface area (Å²) in [7, 11) is 1.91. The number of nitrogens with zero attached hydrogens (tertiary/aromatic N) is 2. The van der Waals surface area contributed by atoms with Crippen molar-refractivity contribution in [2.24, 2.45) is 7.05 Å². The Hall–Kier alpha value is -2.10. The summed E-state index contributed by atoms with van der Waals surface area (Å²) in [4.78, 5) is 9.87. The molecule has 0 aliphatic carbocycles. The summed E-state index contributed by atoms with van der Waals surface area (Å²) >= 11 is 0.